The summed E-state index contributed by atoms with van der Waals surface area (Å²) in [5, 5.41) is 9.37. The topological polar surface area (TPSA) is 92.8 Å². The van der Waals surface area contributed by atoms with Crippen molar-refractivity contribution in [2.24, 2.45) is 0 Å². The Balaban J connectivity index is 1.35. The van der Waals surface area contributed by atoms with Gasteiger partial charge in [0.15, 0.2) is 17.3 Å². The van der Waals surface area contributed by atoms with Gasteiger partial charge >= 0.3 is 0 Å². The van der Waals surface area contributed by atoms with Gasteiger partial charge in [0.1, 0.15) is 18.1 Å². The molecule has 3 aromatic carbocycles. The van der Waals surface area contributed by atoms with Gasteiger partial charge in [0, 0.05) is 17.3 Å². The molecule has 9 nitrogen and oxygen atoms in total. The molecule has 0 bridgehead atoms. The third kappa shape index (κ3) is 6.27. The number of thiazole rings is 1. The Bertz CT molecular complexity index is 2130. The lowest BCUT2D eigenvalue weighted by molar-refractivity contribution is 0.311. The monoisotopic (exact) mass is 617 g/mol. The summed E-state index contributed by atoms with van der Waals surface area (Å²) in [6, 6.07) is 21.5. The molecule has 0 aliphatic heterocycles. The number of fused-ring (bicyclic) bond motifs is 1. The molecule has 0 amide bonds. The summed E-state index contributed by atoms with van der Waals surface area (Å²) in [5.41, 5.74) is 4.98. The fourth-order valence-electron chi connectivity index (χ4n) is 4.83. The summed E-state index contributed by atoms with van der Waals surface area (Å²) in [5.74, 6) is 2.54. The third-order valence-electron chi connectivity index (χ3n) is 6.97. The number of nitrogens with zero attached hydrogens (tertiary/aromatic N) is 5. The van der Waals surface area contributed by atoms with E-state index < -0.39 is 0 Å². The maximum absolute atomic E-state index is 13.5. The highest BCUT2D eigenvalue weighted by atomic mass is 32.1. The van der Waals surface area contributed by atoms with Crippen LogP contribution in [0.1, 0.15) is 29.4 Å². The zero-order valence-electron chi connectivity index (χ0n) is 25.1. The molecule has 226 valence electrons. The number of ether oxygens (including phenoxy) is 3. The first-order valence-electron chi connectivity index (χ1n) is 14.4. The van der Waals surface area contributed by atoms with E-state index >= 15 is 0 Å². The molecule has 0 aliphatic rings. The third-order valence-corrected chi connectivity index (χ3v) is 7.92. The van der Waals surface area contributed by atoms with Gasteiger partial charge in [-0.05, 0) is 79.6 Å². The quantitative estimate of drug-likeness (QED) is 0.165. The second-order valence-electron chi connectivity index (χ2n) is 10.0. The minimum absolute atomic E-state index is 0.243. The lowest BCUT2D eigenvalue weighted by Gasteiger charge is -2.09. The molecule has 0 fully saturated rings. The summed E-state index contributed by atoms with van der Waals surface area (Å²) >= 11 is 1.28. The molecule has 0 radical (unpaired) electrons. The summed E-state index contributed by atoms with van der Waals surface area (Å²) in [6.45, 7) is 8.62. The van der Waals surface area contributed by atoms with Gasteiger partial charge in [-0.2, -0.15) is 14.6 Å². The van der Waals surface area contributed by atoms with Gasteiger partial charge < -0.3 is 14.2 Å². The molecular weight excluding hydrogens is 586 g/mol. The molecule has 0 unspecified atom stereocenters. The van der Waals surface area contributed by atoms with E-state index in [-0.39, 0.29) is 5.56 Å². The highest BCUT2D eigenvalue weighted by Gasteiger charge is 2.15. The molecule has 3 aromatic heterocycles. The van der Waals surface area contributed by atoms with Gasteiger partial charge in [0.25, 0.3) is 5.56 Å². The van der Waals surface area contributed by atoms with Crippen LogP contribution in [0.5, 0.6) is 17.2 Å². The van der Waals surface area contributed by atoms with E-state index in [1.807, 2.05) is 104 Å². The van der Waals surface area contributed by atoms with E-state index in [9.17, 15) is 4.79 Å². The van der Waals surface area contributed by atoms with Crippen molar-refractivity contribution in [3.8, 4) is 34.2 Å². The van der Waals surface area contributed by atoms with Crippen LogP contribution >= 0.6 is 11.3 Å². The van der Waals surface area contributed by atoms with E-state index in [1.54, 1.807) is 19.3 Å². The zero-order chi connectivity index (χ0) is 31.3. The Morgan fingerprint density at radius 1 is 0.956 bits per heavy atom. The normalized spacial score (nSPS) is 11.8. The van der Waals surface area contributed by atoms with E-state index in [0.717, 1.165) is 39.4 Å². The molecule has 3 heterocycles. The molecule has 6 rings (SSSR count). The van der Waals surface area contributed by atoms with Crippen LogP contribution in [0.15, 0.2) is 90.4 Å². The number of rotatable bonds is 11. The highest BCUT2D eigenvalue weighted by molar-refractivity contribution is 7.15. The van der Waals surface area contributed by atoms with E-state index in [0.29, 0.717) is 40.0 Å². The van der Waals surface area contributed by atoms with Crippen molar-refractivity contribution in [2.45, 2.75) is 13.8 Å². The van der Waals surface area contributed by atoms with Crippen molar-refractivity contribution in [3.63, 3.8) is 0 Å². The van der Waals surface area contributed by atoms with Gasteiger partial charge in [-0.1, -0.05) is 54.3 Å². The zero-order valence-corrected chi connectivity index (χ0v) is 26.0. The maximum atomic E-state index is 13.5. The SMILES string of the molecule is C=CCOc1ccc(-c2nn(-c3ccccc3)cc2/C=c2\sc3nc(/C=C/c4ccc(OCC)c(OC)c4)nn3c2=O)cc1C. The van der Waals surface area contributed by atoms with Crippen LogP contribution < -0.4 is 24.3 Å². The van der Waals surface area contributed by atoms with E-state index in [1.165, 1.54) is 15.9 Å². The Hall–Kier alpha value is -5.48. The van der Waals surface area contributed by atoms with E-state index in [2.05, 4.69) is 16.7 Å². The number of hydrogen-bond acceptors (Lipinski definition) is 8. The van der Waals surface area contributed by atoms with Gasteiger partial charge in [0.05, 0.1) is 23.9 Å². The predicted octanol–water partition coefficient (Wildman–Crippen LogP) is 6.00. The number of methoxy groups -OCH3 is 1. The Morgan fingerprint density at radius 2 is 1.78 bits per heavy atom. The molecule has 0 saturated carbocycles. The summed E-state index contributed by atoms with van der Waals surface area (Å²) in [4.78, 5) is 18.6. The molecule has 0 aliphatic carbocycles. The molecule has 45 heavy (non-hydrogen) atoms. The molecule has 10 heteroatoms. The maximum Gasteiger partial charge on any atom is 0.291 e. The first-order valence-corrected chi connectivity index (χ1v) is 15.2. The lowest BCUT2D eigenvalue weighted by atomic mass is 10.0. The summed E-state index contributed by atoms with van der Waals surface area (Å²) in [6.07, 6.45) is 9.13. The number of aromatic nitrogens is 5. The van der Waals surface area contributed by atoms with Crippen LogP contribution in [-0.2, 0) is 0 Å². The largest absolute Gasteiger partial charge is 0.493 e. The minimum atomic E-state index is -0.243. The number of benzene rings is 3. The van der Waals surface area contributed by atoms with Crippen molar-refractivity contribution < 1.29 is 14.2 Å². The average molecular weight is 618 g/mol. The van der Waals surface area contributed by atoms with Crippen LogP contribution in [0.25, 0.3) is 40.1 Å². The smallest absolute Gasteiger partial charge is 0.291 e. The minimum Gasteiger partial charge on any atom is -0.493 e. The van der Waals surface area contributed by atoms with Crippen LogP contribution in [0, 0.1) is 6.92 Å². The highest BCUT2D eigenvalue weighted by Crippen LogP contribution is 2.30. The van der Waals surface area contributed by atoms with Gasteiger partial charge in [0.2, 0.25) is 4.96 Å². The summed E-state index contributed by atoms with van der Waals surface area (Å²) < 4.78 is 20.5. The molecule has 0 saturated heterocycles. The van der Waals surface area contributed by atoms with E-state index in [4.69, 9.17) is 19.3 Å². The number of para-hydroxylation sites is 1. The van der Waals surface area contributed by atoms with Crippen molar-refractivity contribution in [2.75, 3.05) is 20.3 Å². The molecule has 0 N–H and O–H groups in total. The van der Waals surface area contributed by atoms with Crippen molar-refractivity contribution in [1.29, 1.82) is 0 Å². The molecule has 0 spiro atoms. The van der Waals surface area contributed by atoms with Gasteiger partial charge in [-0.25, -0.2) is 4.68 Å². The second-order valence-corrected chi connectivity index (χ2v) is 11.1. The summed E-state index contributed by atoms with van der Waals surface area (Å²) in [7, 11) is 1.60. The van der Waals surface area contributed by atoms with Gasteiger partial charge in [-0.15, -0.1) is 5.10 Å². The first kappa shape index (κ1) is 29.6. The Labute approximate surface area is 264 Å². The second kappa shape index (κ2) is 13.0. The number of hydrogen-bond donors (Lipinski definition) is 0. The van der Waals surface area contributed by atoms with Crippen LogP contribution in [0.2, 0.25) is 0 Å². The predicted molar refractivity (Wildman–Crippen MR) is 178 cm³/mol. The van der Waals surface area contributed by atoms with Crippen LogP contribution in [-0.4, -0.2) is 44.7 Å². The fraction of sp³-hybridized carbons (Fsp3) is 0.143. The Kier molecular flexibility index (Phi) is 8.56. The first-order chi connectivity index (χ1) is 22.0. The van der Waals surface area contributed by atoms with Crippen LogP contribution in [0.4, 0.5) is 0 Å². The number of aryl methyl sites for hydroxylation is 1. The van der Waals surface area contributed by atoms with Crippen molar-refractivity contribution in [3.05, 3.63) is 123 Å². The average Bonchev–Trinajstić information content (AvgIpc) is 3.75. The Morgan fingerprint density at radius 3 is 2.51 bits per heavy atom. The van der Waals surface area contributed by atoms with Crippen molar-refractivity contribution in [1.82, 2.24) is 24.4 Å². The van der Waals surface area contributed by atoms with Crippen molar-refractivity contribution >= 4 is 34.5 Å². The standard InChI is InChI=1S/C35H31N5O4S/c1-5-18-44-28-16-14-25(19-23(28)3)33-26(22-39(38-33)27-10-8-7-9-11-27)21-31-34(41)40-35(45-31)36-32(37-40)17-13-24-12-15-29(43-6-2)30(20-24)42-4/h5,7-17,19-22H,1,6,18H2,2-4H3/b17-13+,31-21-. The fourth-order valence-corrected chi connectivity index (χ4v) is 5.74. The lowest BCUT2D eigenvalue weighted by Crippen LogP contribution is -2.23. The molecule has 0 atom stereocenters. The molecular formula is C35H31N5O4S. The van der Waals surface area contributed by atoms with Gasteiger partial charge in [-0.3, -0.25) is 4.79 Å². The molecule has 6 aromatic rings. The van der Waals surface area contributed by atoms with Crippen LogP contribution in [0.3, 0.4) is 0 Å².